The van der Waals surface area contributed by atoms with Crippen LogP contribution < -0.4 is 5.73 Å². The van der Waals surface area contributed by atoms with Crippen molar-refractivity contribution in [3.8, 4) is 11.1 Å². The van der Waals surface area contributed by atoms with Crippen LogP contribution in [-0.2, 0) is 6.54 Å². The van der Waals surface area contributed by atoms with Gasteiger partial charge in [0, 0.05) is 11.8 Å². The van der Waals surface area contributed by atoms with E-state index in [1.165, 1.54) is 6.07 Å². The normalized spacial score (nSPS) is 11.9. The molecule has 0 amide bonds. The Morgan fingerprint density at radius 2 is 2.08 bits per heavy atom. The molecule has 0 spiro atoms. The Morgan fingerprint density at radius 1 is 1.28 bits per heavy atom. The predicted molar refractivity (Wildman–Crippen MR) is 84.6 cm³/mol. The standard InChI is InChI=1S/C15H12F3N7/c1-7-14-9(2-3-24(14)22-15(19)20-7)8-4-10(16)13-11(5-8)25(23-21-13)6-12(17)18/h2-5,12H,6H2,1H3,(H2,19,22). The Balaban J connectivity index is 1.95. The molecule has 0 atom stereocenters. The largest absolute Gasteiger partial charge is 0.367 e. The molecule has 128 valence electrons. The highest BCUT2D eigenvalue weighted by atomic mass is 19.3. The minimum atomic E-state index is -2.62. The lowest BCUT2D eigenvalue weighted by Gasteiger charge is -2.06. The van der Waals surface area contributed by atoms with E-state index in [0.717, 1.165) is 4.68 Å². The van der Waals surface area contributed by atoms with Gasteiger partial charge >= 0.3 is 0 Å². The maximum absolute atomic E-state index is 14.4. The van der Waals surface area contributed by atoms with Crippen LogP contribution in [0.25, 0.3) is 27.7 Å². The van der Waals surface area contributed by atoms with E-state index < -0.39 is 18.8 Å². The molecule has 3 heterocycles. The zero-order valence-corrected chi connectivity index (χ0v) is 13.0. The number of benzene rings is 1. The molecule has 7 nitrogen and oxygen atoms in total. The van der Waals surface area contributed by atoms with Crippen LogP contribution in [0.4, 0.5) is 19.1 Å². The number of alkyl halides is 2. The van der Waals surface area contributed by atoms with E-state index in [-0.39, 0.29) is 17.0 Å². The average molecular weight is 347 g/mol. The van der Waals surface area contributed by atoms with E-state index in [2.05, 4.69) is 20.4 Å². The molecule has 3 aromatic heterocycles. The number of nitrogens with two attached hydrogens (primary N) is 1. The lowest BCUT2D eigenvalue weighted by atomic mass is 10.1. The zero-order chi connectivity index (χ0) is 17.7. The summed E-state index contributed by atoms with van der Waals surface area (Å²) in [6.45, 7) is 1.10. The molecule has 0 bridgehead atoms. The third-order valence-corrected chi connectivity index (χ3v) is 3.90. The van der Waals surface area contributed by atoms with E-state index in [1.807, 2.05) is 0 Å². The quantitative estimate of drug-likeness (QED) is 0.615. The van der Waals surface area contributed by atoms with Crippen LogP contribution in [0, 0.1) is 12.7 Å². The first kappa shape index (κ1) is 15.4. The smallest absolute Gasteiger partial charge is 0.258 e. The number of halogens is 3. The lowest BCUT2D eigenvalue weighted by Crippen LogP contribution is -2.08. The van der Waals surface area contributed by atoms with Gasteiger partial charge in [0.2, 0.25) is 5.95 Å². The van der Waals surface area contributed by atoms with Gasteiger partial charge < -0.3 is 5.73 Å². The van der Waals surface area contributed by atoms with Crippen LogP contribution in [0.5, 0.6) is 0 Å². The van der Waals surface area contributed by atoms with Gasteiger partial charge in [-0.3, -0.25) is 0 Å². The predicted octanol–water partition coefficient (Wildman–Crippen LogP) is 2.44. The Labute approximate surface area is 138 Å². The Hall–Kier alpha value is -3.17. The second-order valence-corrected chi connectivity index (χ2v) is 5.57. The van der Waals surface area contributed by atoms with Gasteiger partial charge in [0.15, 0.2) is 5.82 Å². The third kappa shape index (κ3) is 2.46. The molecule has 1 aromatic carbocycles. The van der Waals surface area contributed by atoms with Crippen molar-refractivity contribution in [3.63, 3.8) is 0 Å². The summed E-state index contributed by atoms with van der Waals surface area (Å²) >= 11 is 0. The average Bonchev–Trinajstić information content (AvgIpc) is 3.11. The zero-order valence-electron chi connectivity index (χ0n) is 13.0. The van der Waals surface area contributed by atoms with Gasteiger partial charge in [-0.1, -0.05) is 5.21 Å². The van der Waals surface area contributed by atoms with Crippen LogP contribution in [-0.4, -0.2) is 36.0 Å². The van der Waals surface area contributed by atoms with Crippen LogP contribution in [0.1, 0.15) is 5.69 Å². The molecule has 0 unspecified atom stereocenters. The van der Waals surface area contributed by atoms with Crippen LogP contribution in [0.2, 0.25) is 0 Å². The summed E-state index contributed by atoms with van der Waals surface area (Å²) in [5.74, 6) is -0.519. The Kier molecular flexibility index (Phi) is 3.34. The first-order valence-corrected chi connectivity index (χ1v) is 7.37. The van der Waals surface area contributed by atoms with Crippen molar-refractivity contribution >= 4 is 22.5 Å². The minimum Gasteiger partial charge on any atom is -0.367 e. The van der Waals surface area contributed by atoms with E-state index in [4.69, 9.17) is 5.73 Å². The molecule has 10 heteroatoms. The Bertz CT molecular complexity index is 1100. The lowest BCUT2D eigenvalue weighted by molar-refractivity contribution is 0.122. The van der Waals surface area contributed by atoms with Crippen LogP contribution in [0.15, 0.2) is 24.4 Å². The highest BCUT2D eigenvalue weighted by Crippen LogP contribution is 2.31. The van der Waals surface area contributed by atoms with Gasteiger partial charge in [-0.15, -0.1) is 10.2 Å². The molecule has 0 aliphatic rings. The van der Waals surface area contributed by atoms with Gasteiger partial charge in [0.1, 0.15) is 12.1 Å². The first-order chi connectivity index (χ1) is 11.9. The molecule has 0 saturated carbocycles. The van der Waals surface area contributed by atoms with Crippen molar-refractivity contribution in [2.45, 2.75) is 19.9 Å². The van der Waals surface area contributed by atoms with Gasteiger partial charge in [-0.05, 0) is 30.7 Å². The van der Waals surface area contributed by atoms with E-state index in [1.54, 1.807) is 29.8 Å². The summed E-state index contributed by atoms with van der Waals surface area (Å²) in [6, 6.07) is 4.60. The van der Waals surface area contributed by atoms with Crippen molar-refractivity contribution in [2.75, 3.05) is 5.73 Å². The molecule has 2 N–H and O–H groups in total. The number of hydrogen-bond acceptors (Lipinski definition) is 5. The van der Waals surface area contributed by atoms with Gasteiger partial charge in [-0.25, -0.2) is 27.4 Å². The van der Waals surface area contributed by atoms with E-state index >= 15 is 0 Å². The SMILES string of the molecule is Cc1nc(N)nn2ccc(-c3cc(F)c4nnn(CC(F)F)c4c3)c12. The van der Waals surface area contributed by atoms with Crippen molar-refractivity contribution < 1.29 is 13.2 Å². The monoisotopic (exact) mass is 347 g/mol. The number of nitrogens with zero attached hydrogens (tertiary/aromatic N) is 6. The second kappa shape index (κ2) is 5.43. The van der Waals surface area contributed by atoms with Crippen LogP contribution >= 0.6 is 0 Å². The molecule has 4 rings (SSSR count). The fraction of sp³-hybridized carbons (Fsp3) is 0.200. The number of rotatable bonds is 3. The first-order valence-electron chi connectivity index (χ1n) is 7.37. The summed E-state index contributed by atoms with van der Waals surface area (Å²) in [5, 5.41) is 11.3. The number of aryl methyl sites for hydroxylation is 1. The number of nitrogen functional groups attached to an aromatic ring is 1. The number of hydrogen-bond donors (Lipinski definition) is 1. The molecule has 0 fully saturated rings. The topological polar surface area (TPSA) is 86.9 Å². The fourth-order valence-corrected chi connectivity index (χ4v) is 2.90. The summed E-state index contributed by atoms with van der Waals surface area (Å²) < 4.78 is 42.3. The van der Waals surface area contributed by atoms with E-state index in [0.29, 0.717) is 22.3 Å². The maximum Gasteiger partial charge on any atom is 0.258 e. The minimum absolute atomic E-state index is 0.0508. The second-order valence-electron chi connectivity index (χ2n) is 5.57. The Morgan fingerprint density at radius 3 is 2.84 bits per heavy atom. The summed E-state index contributed by atoms with van der Waals surface area (Å²) in [7, 11) is 0. The molecule has 0 radical (unpaired) electrons. The highest BCUT2D eigenvalue weighted by molar-refractivity contribution is 5.88. The summed E-state index contributed by atoms with van der Waals surface area (Å²) in [5.41, 5.74) is 8.19. The molecule has 25 heavy (non-hydrogen) atoms. The van der Waals surface area contributed by atoms with Gasteiger partial charge in [0.05, 0.1) is 16.7 Å². The maximum atomic E-state index is 14.4. The number of fused-ring (bicyclic) bond motifs is 2. The number of anilines is 1. The molecular weight excluding hydrogens is 335 g/mol. The van der Waals surface area contributed by atoms with Gasteiger partial charge in [0.25, 0.3) is 6.43 Å². The molecule has 0 aliphatic heterocycles. The van der Waals surface area contributed by atoms with Crippen molar-refractivity contribution in [3.05, 3.63) is 35.9 Å². The molecule has 0 aliphatic carbocycles. The third-order valence-electron chi connectivity index (χ3n) is 3.90. The summed E-state index contributed by atoms with van der Waals surface area (Å²) in [6.07, 6.45) is -0.947. The van der Waals surface area contributed by atoms with Crippen molar-refractivity contribution in [2.24, 2.45) is 0 Å². The highest BCUT2D eigenvalue weighted by Gasteiger charge is 2.17. The molecular formula is C15H12F3N7. The molecule has 0 saturated heterocycles. The van der Waals surface area contributed by atoms with Gasteiger partial charge in [-0.2, -0.15) is 0 Å². The molecule has 4 aromatic rings. The number of aromatic nitrogens is 6. The van der Waals surface area contributed by atoms with E-state index in [9.17, 15) is 13.2 Å². The summed E-state index contributed by atoms with van der Waals surface area (Å²) in [4.78, 5) is 4.11. The van der Waals surface area contributed by atoms with Crippen molar-refractivity contribution in [1.29, 1.82) is 0 Å². The van der Waals surface area contributed by atoms with Crippen molar-refractivity contribution in [1.82, 2.24) is 29.6 Å². The fourth-order valence-electron chi connectivity index (χ4n) is 2.90. The van der Waals surface area contributed by atoms with Crippen LogP contribution in [0.3, 0.4) is 0 Å².